The molecule has 1 aliphatic rings. The van der Waals surface area contributed by atoms with Crippen LogP contribution in [0.1, 0.15) is 61.8 Å². The second-order valence-electron chi connectivity index (χ2n) is 7.88. The smallest absolute Gasteiger partial charge is 0.329 e. The number of ether oxygens (including phenoxy) is 1. The first-order valence-electron chi connectivity index (χ1n) is 9.56. The zero-order valence-electron chi connectivity index (χ0n) is 17.0. The van der Waals surface area contributed by atoms with Crippen LogP contribution in [0.2, 0.25) is 0 Å². The van der Waals surface area contributed by atoms with Crippen molar-refractivity contribution in [1.29, 1.82) is 0 Å². The highest BCUT2D eigenvalue weighted by Crippen LogP contribution is 2.27. The van der Waals surface area contributed by atoms with Gasteiger partial charge in [-0.05, 0) is 37.3 Å². The van der Waals surface area contributed by atoms with Gasteiger partial charge in [0.15, 0.2) is 6.61 Å². The highest BCUT2D eigenvalue weighted by molar-refractivity contribution is 6.22. The zero-order chi connectivity index (χ0) is 21.0. The monoisotopic (exact) mass is 388 g/mol. The predicted molar refractivity (Wildman–Crippen MR) is 104 cm³/mol. The normalized spacial score (nSPS) is 15.6. The summed E-state index contributed by atoms with van der Waals surface area (Å²) < 4.78 is 5.16. The number of amides is 3. The third-order valence-corrected chi connectivity index (χ3v) is 4.84. The molecule has 2 rings (SSSR count). The van der Waals surface area contributed by atoms with Crippen LogP contribution in [-0.4, -0.2) is 47.3 Å². The Hall–Kier alpha value is -2.70. The highest BCUT2D eigenvalue weighted by Gasteiger charge is 2.43. The van der Waals surface area contributed by atoms with Crippen molar-refractivity contribution < 1.29 is 23.9 Å². The molecule has 1 heterocycles. The van der Waals surface area contributed by atoms with E-state index >= 15 is 0 Å². The molecule has 7 heteroatoms. The number of hydrogen-bond donors (Lipinski definition) is 1. The van der Waals surface area contributed by atoms with E-state index < -0.39 is 36.3 Å². The maximum atomic E-state index is 12.7. The summed E-state index contributed by atoms with van der Waals surface area (Å²) in [5.41, 5.74) is 0.551. The van der Waals surface area contributed by atoms with Crippen molar-refractivity contribution in [2.75, 3.05) is 6.61 Å². The summed E-state index contributed by atoms with van der Waals surface area (Å²) in [5.74, 6) is -1.92. The molecule has 28 heavy (non-hydrogen) atoms. The summed E-state index contributed by atoms with van der Waals surface area (Å²) in [6, 6.07) is 5.34. The van der Waals surface area contributed by atoms with E-state index in [4.69, 9.17) is 4.74 Å². The molecule has 0 bridgehead atoms. The molecule has 1 aromatic rings. The zero-order valence-corrected chi connectivity index (χ0v) is 17.0. The van der Waals surface area contributed by atoms with Gasteiger partial charge in [0.25, 0.3) is 17.7 Å². The Morgan fingerprint density at radius 2 is 1.54 bits per heavy atom. The van der Waals surface area contributed by atoms with Crippen molar-refractivity contribution >= 4 is 23.7 Å². The molecule has 0 aliphatic carbocycles. The number of benzene rings is 1. The van der Waals surface area contributed by atoms with Gasteiger partial charge in [-0.15, -0.1) is 0 Å². The molecule has 0 unspecified atom stereocenters. The Balaban J connectivity index is 2.12. The molecule has 0 saturated carbocycles. The highest BCUT2D eigenvalue weighted by atomic mass is 16.5. The summed E-state index contributed by atoms with van der Waals surface area (Å²) in [6.45, 7) is 9.12. The second-order valence-corrected chi connectivity index (χ2v) is 7.88. The lowest BCUT2D eigenvalue weighted by molar-refractivity contribution is -0.153. The van der Waals surface area contributed by atoms with E-state index in [-0.39, 0.29) is 35.4 Å². The van der Waals surface area contributed by atoms with Crippen molar-refractivity contribution in [1.82, 2.24) is 10.2 Å². The number of hydrogen-bond acceptors (Lipinski definition) is 5. The van der Waals surface area contributed by atoms with Gasteiger partial charge in [0.1, 0.15) is 6.04 Å². The molecule has 1 aromatic carbocycles. The Labute approximate surface area is 165 Å². The van der Waals surface area contributed by atoms with Gasteiger partial charge in [0.05, 0.1) is 11.1 Å². The van der Waals surface area contributed by atoms with E-state index in [2.05, 4.69) is 5.32 Å². The molecular weight excluding hydrogens is 360 g/mol. The average molecular weight is 388 g/mol. The Morgan fingerprint density at radius 1 is 1.00 bits per heavy atom. The third-order valence-electron chi connectivity index (χ3n) is 4.84. The Morgan fingerprint density at radius 3 is 2.00 bits per heavy atom. The summed E-state index contributed by atoms with van der Waals surface area (Å²) in [5, 5.41) is 2.75. The van der Waals surface area contributed by atoms with E-state index in [1.54, 1.807) is 24.3 Å². The fourth-order valence-electron chi connectivity index (χ4n) is 2.94. The summed E-state index contributed by atoms with van der Waals surface area (Å²) in [7, 11) is 0. The lowest BCUT2D eigenvalue weighted by Gasteiger charge is -2.26. The summed E-state index contributed by atoms with van der Waals surface area (Å²) in [4.78, 5) is 51.1. The minimum atomic E-state index is -1.07. The molecule has 1 N–H and O–H groups in total. The van der Waals surface area contributed by atoms with Crippen LogP contribution in [0.4, 0.5) is 0 Å². The van der Waals surface area contributed by atoms with Crippen molar-refractivity contribution in [2.24, 2.45) is 11.8 Å². The SMILES string of the molecule is CC(C)C[C@@H](C(=O)OCC(=O)N[C@@H](C)C(C)C)N1C(=O)c2ccccc2C1=O. The Kier molecular flexibility index (Phi) is 6.94. The van der Waals surface area contributed by atoms with Crippen molar-refractivity contribution in [3.63, 3.8) is 0 Å². The van der Waals surface area contributed by atoms with E-state index in [0.717, 1.165) is 4.90 Å². The lowest BCUT2D eigenvalue weighted by Crippen LogP contribution is -2.47. The van der Waals surface area contributed by atoms with Gasteiger partial charge in [-0.1, -0.05) is 39.8 Å². The van der Waals surface area contributed by atoms with Crippen LogP contribution in [-0.2, 0) is 14.3 Å². The first kappa shape index (κ1) is 21.6. The largest absolute Gasteiger partial charge is 0.454 e. The number of carbonyl (C=O) groups is 4. The van der Waals surface area contributed by atoms with E-state index in [1.807, 2.05) is 34.6 Å². The first-order valence-corrected chi connectivity index (χ1v) is 9.56. The van der Waals surface area contributed by atoms with Gasteiger partial charge in [-0.2, -0.15) is 0 Å². The van der Waals surface area contributed by atoms with Gasteiger partial charge >= 0.3 is 5.97 Å². The lowest BCUT2D eigenvalue weighted by atomic mass is 10.0. The van der Waals surface area contributed by atoms with Crippen LogP contribution in [0.3, 0.4) is 0 Å². The number of rotatable bonds is 8. The van der Waals surface area contributed by atoms with Crippen molar-refractivity contribution in [3.05, 3.63) is 35.4 Å². The Bertz CT molecular complexity index is 737. The molecule has 0 aromatic heterocycles. The van der Waals surface area contributed by atoms with Crippen LogP contribution in [0.15, 0.2) is 24.3 Å². The standard InChI is InChI=1S/C21H28N2O5/c1-12(2)10-17(21(27)28-11-18(24)22-14(5)13(3)4)23-19(25)15-8-6-7-9-16(15)20(23)26/h6-9,12-14,17H,10-11H2,1-5H3,(H,22,24)/t14-,17-/m0/s1. The minimum Gasteiger partial charge on any atom is -0.454 e. The van der Waals surface area contributed by atoms with Gasteiger partial charge in [-0.25, -0.2) is 4.79 Å². The molecule has 1 aliphatic heterocycles. The van der Waals surface area contributed by atoms with E-state index in [0.29, 0.717) is 0 Å². The number of carbonyl (C=O) groups excluding carboxylic acids is 4. The topological polar surface area (TPSA) is 92.8 Å². The number of esters is 1. The first-order chi connectivity index (χ1) is 13.1. The van der Waals surface area contributed by atoms with Gasteiger partial charge in [-0.3, -0.25) is 19.3 Å². The number of imide groups is 1. The van der Waals surface area contributed by atoms with Crippen molar-refractivity contribution in [3.8, 4) is 0 Å². The summed E-state index contributed by atoms with van der Waals surface area (Å²) in [6.07, 6.45) is 0.258. The van der Waals surface area contributed by atoms with E-state index in [9.17, 15) is 19.2 Å². The number of nitrogens with one attached hydrogen (secondary N) is 1. The fraction of sp³-hybridized carbons (Fsp3) is 0.524. The van der Waals surface area contributed by atoms with Gasteiger partial charge in [0, 0.05) is 6.04 Å². The fourth-order valence-corrected chi connectivity index (χ4v) is 2.94. The second kappa shape index (κ2) is 8.99. The van der Waals surface area contributed by atoms with Gasteiger partial charge < -0.3 is 10.1 Å². The van der Waals surface area contributed by atoms with E-state index in [1.165, 1.54) is 0 Å². The maximum absolute atomic E-state index is 12.7. The van der Waals surface area contributed by atoms with Crippen LogP contribution in [0, 0.1) is 11.8 Å². The molecule has 0 saturated heterocycles. The molecular formula is C21H28N2O5. The van der Waals surface area contributed by atoms with Crippen LogP contribution in [0.25, 0.3) is 0 Å². The maximum Gasteiger partial charge on any atom is 0.329 e. The molecule has 152 valence electrons. The van der Waals surface area contributed by atoms with Crippen molar-refractivity contribution in [2.45, 2.75) is 53.1 Å². The molecule has 0 spiro atoms. The van der Waals surface area contributed by atoms with Gasteiger partial charge in [0.2, 0.25) is 0 Å². The molecule has 7 nitrogen and oxygen atoms in total. The third kappa shape index (κ3) is 4.77. The van der Waals surface area contributed by atoms with Crippen LogP contribution < -0.4 is 5.32 Å². The number of fused-ring (bicyclic) bond motifs is 1. The minimum absolute atomic E-state index is 0.0386. The average Bonchev–Trinajstić information content (AvgIpc) is 2.88. The van der Waals surface area contributed by atoms with Crippen LogP contribution in [0.5, 0.6) is 0 Å². The quantitative estimate of drug-likeness (QED) is 0.545. The molecule has 0 fully saturated rings. The molecule has 3 amide bonds. The number of nitrogens with zero attached hydrogens (tertiary/aromatic N) is 1. The predicted octanol–water partition coefficient (Wildman–Crippen LogP) is 2.40. The van der Waals surface area contributed by atoms with Crippen LogP contribution >= 0.6 is 0 Å². The molecule has 0 radical (unpaired) electrons. The summed E-state index contributed by atoms with van der Waals surface area (Å²) >= 11 is 0. The molecule has 2 atom stereocenters.